The lowest BCUT2D eigenvalue weighted by Crippen LogP contribution is -2.21. The summed E-state index contributed by atoms with van der Waals surface area (Å²) in [6, 6.07) is 0. The Bertz CT molecular complexity index is 533. The van der Waals surface area contributed by atoms with E-state index in [1.807, 2.05) is 0 Å². The number of nitrogens with zero attached hydrogens (tertiary/aromatic N) is 1. The van der Waals surface area contributed by atoms with Crippen molar-refractivity contribution in [1.29, 1.82) is 0 Å². The third-order valence-electron chi connectivity index (χ3n) is 4.14. The second-order valence-corrected chi connectivity index (χ2v) is 4.87. The van der Waals surface area contributed by atoms with Crippen molar-refractivity contribution >= 4 is 11.8 Å². The van der Waals surface area contributed by atoms with Crippen molar-refractivity contribution in [3.8, 4) is 0 Å². The molecule has 0 fully saturated rings. The zero-order valence-electron chi connectivity index (χ0n) is 11.7. The van der Waals surface area contributed by atoms with E-state index in [4.69, 9.17) is 0 Å². The highest BCUT2D eigenvalue weighted by atomic mass is 15.1. The third kappa shape index (κ3) is 1.61. The molecular formula is C16H21N. The lowest BCUT2D eigenvalue weighted by atomic mass is 9.89. The Labute approximate surface area is 104 Å². The zero-order chi connectivity index (χ0) is 12.7. The van der Waals surface area contributed by atoms with Crippen molar-refractivity contribution in [1.82, 2.24) is 0 Å². The van der Waals surface area contributed by atoms with Crippen LogP contribution in [-0.2, 0) is 0 Å². The molecule has 1 aliphatic heterocycles. The fraction of sp³-hybridized carbons (Fsp3) is 0.375. The largest absolute Gasteiger partial charge is 0.344 e. The summed E-state index contributed by atoms with van der Waals surface area (Å²) in [6.07, 6.45) is 6.60. The van der Waals surface area contributed by atoms with Gasteiger partial charge in [-0.1, -0.05) is 12.2 Å². The molecule has 0 aromatic heterocycles. The maximum absolute atomic E-state index is 2.30. The van der Waals surface area contributed by atoms with Crippen LogP contribution in [0.2, 0.25) is 0 Å². The fourth-order valence-electron chi connectivity index (χ4n) is 2.66. The van der Waals surface area contributed by atoms with Crippen molar-refractivity contribution in [3.05, 3.63) is 45.7 Å². The average Bonchev–Trinajstić information content (AvgIpc) is 2.33. The first-order valence-electron chi connectivity index (χ1n) is 6.17. The number of hydrogen-bond acceptors (Lipinski definition) is 1. The summed E-state index contributed by atoms with van der Waals surface area (Å²) in [5.41, 5.74) is 9.64. The predicted molar refractivity (Wildman–Crippen MR) is 76.6 cm³/mol. The van der Waals surface area contributed by atoms with Crippen LogP contribution in [0.5, 0.6) is 0 Å². The number of likely N-dealkylation sites (N-methyl/N-ethyl adjacent to an activating group) is 1. The second-order valence-electron chi connectivity index (χ2n) is 4.87. The number of fused-ring (bicyclic) bond motifs is 1. The predicted octanol–water partition coefficient (Wildman–Crippen LogP) is 4.29. The van der Waals surface area contributed by atoms with Gasteiger partial charge in [0.15, 0.2) is 0 Å². The van der Waals surface area contributed by atoms with Crippen molar-refractivity contribution in [3.63, 3.8) is 0 Å². The highest BCUT2D eigenvalue weighted by Gasteiger charge is 2.20. The molecule has 0 unspecified atom stereocenters. The van der Waals surface area contributed by atoms with Gasteiger partial charge in [-0.2, -0.15) is 0 Å². The van der Waals surface area contributed by atoms with Gasteiger partial charge in [0.25, 0.3) is 0 Å². The van der Waals surface area contributed by atoms with Crippen LogP contribution in [0.3, 0.4) is 0 Å². The number of benzene rings is 1. The summed E-state index contributed by atoms with van der Waals surface area (Å²) >= 11 is 0. The summed E-state index contributed by atoms with van der Waals surface area (Å²) in [5, 5.41) is 0. The van der Waals surface area contributed by atoms with Gasteiger partial charge in [-0.25, -0.2) is 0 Å². The molecule has 0 aliphatic carbocycles. The molecule has 90 valence electrons. The third-order valence-corrected chi connectivity index (χ3v) is 4.14. The molecule has 0 saturated carbocycles. The summed E-state index contributed by atoms with van der Waals surface area (Å²) < 4.78 is 0. The minimum Gasteiger partial charge on any atom is -0.344 e. The molecule has 1 heterocycles. The molecule has 0 amide bonds. The molecule has 1 heteroatoms. The summed E-state index contributed by atoms with van der Waals surface area (Å²) in [6.45, 7) is 11.0. The SMILES string of the molecule is CC=C1C=Cc2c(C)c(C)c(C)c(C)c2N1C. The van der Waals surface area contributed by atoms with Crippen LogP contribution in [-0.4, -0.2) is 7.05 Å². The monoisotopic (exact) mass is 227 g/mol. The van der Waals surface area contributed by atoms with Gasteiger partial charge in [0.05, 0.1) is 5.69 Å². The molecular weight excluding hydrogens is 206 g/mol. The highest BCUT2D eigenvalue weighted by Crippen LogP contribution is 2.38. The molecule has 0 atom stereocenters. The Morgan fingerprint density at radius 1 is 0.882 bits per heavy atom. The smallest absolute Gasteiger partial charge is 0.0516 e. The maximum atomic E-state index is 2.30. The normalized spacial score (nSPS) is 16.6. The Hall–Kier alpha value is -1.50. The molecule has 1 aliphatic rings. The summed E-state index contributed by atoms with van der Waals surface area (Å²) in [7, 11) is 2.15. The zero-order valence-corrected chi connectivity index (χ0v) is 11.7. The molecule has 0 spiro atoms. The van der Waals surface area contributed by atoms with Crippen LogP contribution >= 0.6 is 0 Å². The van der Waals surface area contributed by atoms with Crippen molar-refractivity contribution in [2.24, 2.45) is 0 Å². The maximum Gasteiger partial charge on any atom is 0.0516 e. The van der Waals surface area contributed by atoms with E-state index in [9.17, 15) is 0 Å². The van der Waals surface area contributed by atoms with Gasteiger partial charge in [0, 0.05) is 18.3 Å². The Kier molecular flexibility index (Phi) is 2.86. The first kappa shape index (κ1) is 12.0. The molecule has 1 nitrogen and oxygen atoms in total. The van der Waals surface area contributed by atoms with Crippen LogP contribution in [0.25, 0.3) is 6.08 Å². The number of hydrogen-bond donors (Lipinski definition) is 0. The Balaban J connectivity index is 2.81. The molecule has 2 rings (SSSR count). The standard InChI is InChI=1S/C16H21N/c1-7-14-8-9-15-12(4)10(2)11(3)13(5)16(15)17(14)6/h7-9H,1-6H3. The van der Waals surface area contributed by atoms with Crippen molar-refractivity contribution < 1.29 is 0 Å². The van der Waals surface area contributed by atoms with Gasteiger partial charge < -0.3 is 4.90 Å². The average molecular weight is 227 g/mol. The van der Waals surface area contributed by atoms with Gasteiger partial charge in [-0.05, 0) is 62.9 Å². The topological polar surface area (TPSA) is 3.24 Å². The van der Waals surface area contributed by atoms with Crippen LogP contribution in [0.1, 0.15) is 34.7 Å². The minimum atomic E-state index is 1.27. The lowest BCUT2D eigenvalue weighted by molar-refractivity contribution is 1.07. The molecule has 1 aromatic carbocycles. The van der Waals surface area contributed by atoms with Gasteiger partial charge in [0.1, 0.15) is 0 Å². The first-order chi connectivity index (χ1) is 7.99. The van der Waals surface area contributed by atoms with Crippen LogP contribution in [0.4, 0.5) is 5.69 Å². The molecule has 0 saturated heterocycles. The van der Waals surface area contributed by atoms with Gasteiger partial charge in [0.2, 0.25) is 0 Å². The van der Waals surface area contributed by atoms with Gasteiger partial charge in [-0.15, -0.1) is 0 Å². The Morgan fingerprint density at radius 2 is 1.47 bits per heavy atom. The van der Waals surface area contributed by atoms with E-state index in [-0.39, 0.29) is 0 Å². The summed E-state index contributed by atoms with van der Waals surface area (Å²) in [5.74, 6) is 0. The first-order valence-corrected chi connectivity index (χ1v) is 6.17. The molecule has 1 aromatic rings. The summed E-state index contributed by atoms with van der Waals surface area (Å²) in [4.78, 5) is 2.30. The minimum absolute atomic E-state index is 1.27. The second kappa shape index (κ2) is 4.06. The van der Waals surface area contributed by atoms with Crippen LogP contribution in [0, 0.1) is 27.7 Å². The van der Waals surface area contributed by atoms with E-state index in [1.54, 1.807) is 0 Å². The van der Waals surface area contributed by atoms with E-state index in [1.165, 1.54) is 39.2 Å². The number of allylic oxidation sites excluding steroid dienone is 2. The van der Waals surface area contributed by atoms with E-state index in [0.29, 0.717) is 0 Å². The lowest BCUT2D eigenvalue weighted by Gasteiger charge is -2.31. The number of rotatable bonds is 0. The van der Waals surface area contributed by atoms with Crippen molar-refractivity contribution in [2.75, 3.05) is 11.9 Å². The molecule has 17 heavy (non-hydrogen) atoms. The van der Waals surface area contributed by atoms with Crippen molar-refractivity contribution in [2.45, 2.75) is 34.6 Å². The van der Waals surface area contributed by atoms with Gasteiger partial charge >= 0.3 is 0 Å². The number of anilines is 1. The van der Waals surface area contributed by atoms with Gasteiger partial charge in [-0.3, -0.25) is 0 Å². The quantitative estimate of drug-likeness (QED) is 0.639. The molecule has 0 bridgehead atoms. The Morgan fingerprint density at radius 3 is 2.06 bits per heavy atom. The van der Waals surface area contributed by atoms with E-state index < -0.39 is 0 Å². The van der Waals surface area contributed by atoms with E-state index >= 15 is 0 Å². The highest BCUT2D eigenvalue weighted by molar-refractivity contribution is 5.82. The van der Waals surface area contributed by atoms with Crippen LogP contribution < -0.4 is 4.90 Å². The van der Waals surface area contributed by atoms with Crippen LogP contribution in [0.15, 0.2) is 17.8 Å². The fourth-order valence-corrected chi connectivity index (χ4v) is 2.66. The van der Waals surface area contributed by atoms with E-state index in [0.717, 1.165) is 0 Å². The van der Waals surface area contributed by atoms with E-state index in [2.05, 4.69) is 64.8 Å². The molecule has 0 radical (unpaired) electrons. The molecule has 0 N–H and O–H groups in total.